The van der Waals surface area contributed by atoms with Gasteiger partial charge in [0, 0.05) is 31.9 Å². The van der Waals surface area contributed by atoms with Crippen molar-refractivity contribution >= 4 is 10.0 Å². The lowest BCUT2D eigenvalue weighted by atomic mass is 10.2. The third-order valence-electron chi connectivity index (χ3n) is 2.51. The van der Waals surface area contributed by atoms with Gasteiger partial charge in [0.2, 0.25) is 10.0 Å². The molecule has 7 heteroatoms. The van der Waals surface area contributed by atoms with Crippen LogP contribution < -0.4 is 10.5 Å². The molecule has 19 heavy (non-hydrogen) atoms. The minimum absolute atomic E-state index is 0.0192. The Morgan fingerprint density at radius 3 is 2.79 bits per heavy atom. The summed E-state index contributed by atoms with van der Waals surface area (Å²) in [7, 11) is -3.62. The highest BCUT2D eigenvalue weighted by Gasteiger charge is 2.15. The summed E-state index contributed by atoms with van der Waals surface area (Å²) in [5.74, 6) is -0.502. The molecule has 0 bridgehead atoms. The summed E-state index contributed by atoms with van der Waals surface area (Å²) in [5.41, 5.74) is 5.52. The first-order valence-corrected chi connectivity index (χ1v) is 7.55. The summed E-state index contributed by atoms with van der Waals surface area (Å²) >= 11 is 0. The van der Waals surface area contributed by atoms with Crippen molar-refractivity contribution in [2.45, 2.75) is 24.8 Å². The van der Waals surface area contributed by atoms with Crippen LogP contribution in [0.25, 0.3) is 0 Å². The van der Waals surface area contributed by atoms with Crippen molar-refractivity contribution in [2.24, 2.45) is 5.73 Å². The van der Waals surface area contributed by atoms with Crippen LogP contribution in [0, 0.1) is 5.82 Å². The summed E-state index contributed by atoms with van der Waals surface area (Å²) in [4.78, 5) is 0.0192. The first kappa shape index (κ1) is 16.0. The fraction of sp³-hybridized carbons (Fsp3) is 0.500. The number of ether oxygens (including phenoxy) is 1. The zero-order chi connectivity index (χ0) is 14.3. The van der Waals surface area contributed by atoms with E-state index < -0.39 is 15.8 Å². The van der Waals surface area contributed by atoms with Gasteiger partial charge in [-0.1, -0.05) is 0 Å². The van der Waals surface area contributed by atoms with Crippen molar-refractivity contribution < 1.29 is 17.5 Å². The summed E-state index contributed by atoms with van der Waals surface area (Å²) < 4.78 is 44.6. The minimum Gasteiger partial charge on any atom is -0.382 e. The molecular formula is C12H19FN2O3S. The van der Waals surface area contributed by atoms with Crippen LogP contribution in [-0.4, -0.2) is 28.2 Å². The predicted octanol–water partition coefficient (Wildman–Crippen LogP) is 0.989. The van der Waals surface area contributed by atoms with E-state index in [1.807, 2.05) is 6.92 Å². The van der Waals surface area contributed by atoms with Crippen LogP contribution in [0.2, 0.25) is 0 Å². The number of nitrogens with one attached hydrogen (secondary N) is 1. The van der Waals surface area contributed by atoms with Gasteiger partial charge in [-0.3, -0.25) is 0 Å². The van der Waals surface area contributed by atoms with Gasteiger partial charge >= 0.3 is 0 Å². The number of hydrogen-bond donors (Lipinski definition) is 2. The van der Waals surface area contributed by atoms with E-state index in [0.717, 1.165) is 6.07 Å². The molecule has 0 saturated carbocycles. The number of benzene rings is 1. The Morgan fingerprint density at radius 2 is 2.16 bits per heavy atom. The summed E-state index contributed by atoms with van der Waals surface area (Å²) in [5, 5.41) is 0. The van der Waals surface area contributed by atoms with Gasteiger partial charge in [-0.2, -0.15) is 0 Å². The molecule has 0 spiro atoms. The average molecular weight is 290 g/mol. The van der Waals surface area contributed by atoms with Gasteiger partial charge in [0.1, 0.15) is 5.82 Å². The monoisotopic (exact) mass is 290 g/mol. The molecule has 0 radical (unpaired) electrons. The van der Waals surface area contributed by atoms with Crippen LogP contribution in [0.15, 0.2) is 23.1 Å². The van der Waals surface area contributed by atoms with Gasteiger partial charge in [0.15, 0.2) is 0 Å². The van der Waals surface area contributed by atoms with Gasteiger partial charge in [0.25, 0.3) is 0 Å². The van der Waals surface area contributed by atoms with Crippen LogP contribution in [-0.2, 0) is 21.3 Å². The van der Waals surface area contributed by atoms with Crippen LogP contribution in [0.5, 0.6) is 0 Å². The molecule has 0 atom stereocenters. The lowest BCUT2D eigenvalue weighted by molar-refractivity contribution is 0.146. The molecule has 3 N–H and O–H groups in total. The molecule has 1 aromatic rings. The fourth-order valence-corrected chi connectivity index (χ4v) is 2.61. The molecule has 0 aromatic heterocycles. The van der Waals surface area contributed by atoms with E-state index in [1.54, 1.807) is 0 Å². The van der Waals surface area contributed by atoms with Crippen molar-refractivity contribution in [3.8, 4) is 0 Å². The molecule has 0 aliphatic heterocycles. The maximum absolute atomic E-state index is 13.2. The number of hydrogen-bond acceptors (Lipinski definition) is 4. The zero-order valence-electron chi connectivity index (χ0n) is 10.9. The second-order valence-electron chi connectivity index (χ2n) is 3.91. The molecule has 0 amide bonds. The molecular weight excluding hydrogens is 271 g/mol. The van der Waals surface area contributed by atoms with E-state index in [9.17, 15) is 12.8 Å². The van der Waals surface area contributed by atoms with E-state index in [4.69, 9.17) is 10.5 Å². The first-order chi connectivity index (χ1) is 9.01. The summed E-state index contributed by atoms with van der Waals surface area (Å²) in [6.45, 7) is 3.20. The Hall–Kier alpha value is -1.02. The van der Waals surface area contributed by atoms with Crippen molar-refractivity contribution in [1.82, 2.24) is 4.72 Å². The van der Waals surface area contributed by atoms with Gasteiger partial charge in [-0.15, -0.1) is 0 Å². The average Bonchev–Trinajstić information content (AvgIpc) is 2.38. The highest BCUT2D eigenvalue weighted by molar-refractivity contribution is 7.89. The van der Waals surface area contributed by atoms with E-state index in [0.29, 0.717) is 19.6 Å². The van der Waals surface area contributed by atoms with Crippen LogP contribution in [0.4, 0.5) is 4.39 Å². The second-order valence-corrected chi connectivity index (χ2v) is 5.67. The lowest BCUT2D eigenvalue weighted by Gasteiger charge is -2.08. The zero-order valence-corrected chi connectivity index (χ0v) is 11.7. The third kappa shape index (κ3) is 4.87. The van der Waals surface area contributed by atoms with Crippen molar-refractivity contribution in [2.75, 3.05) is 19.8 Å². The molecule has 0 heterocycles. The predicted molar refractivity (Wildman–Crippen MR) is 70.6 cm³/mol. The van der Waals surface area contributed by atoms with Gasteiger partial charge in [0.05, 0.1) is 4.90 Å². The SMILES string of the molecule is CCOCCCNS(=O)(=O)c1ccc(F)c(CN)c1. The molecule has 108 valence electrons. The number of nitrogens with two attached hydrogens (primary N) is 1. The van der Waals surface area contributed by atoms with Gasteiger partial charge < -0.3 is 10.5 Å². The number of rotatable bonds is 8. The van der Waals surface area contributed by atoms with Crippen molar-refractivity contribution in [1.29, 1.82) is 0 Å². The maximum Gasteiger partial charge on any atom is 0.240 e. The Bertz CT molecular complexity index is 506. The molecule has 0 saturated heterocycles. The summed E-state index contributed by atoms with van der Waals surface area (Å²) in [6.07, 6.45) is 0.581. The highest BCUT2D eigenvalue weighted by Crippen LogP contribution is 2.14. The molecule has 0 unspecified atom stereocenters. The van der Waals surface area contributed by atoms with Gasteiger partial charge in [-0.25, -0.2) is 17.5 Å². The van der Waals surface area contributed by atoms with Crippen LogP contribution >= 0.6 is 0 Å². The summed E-state index contributed by atoms with van der Waals surface area (Å²) in [6, 6.07) is 3.58. The molecule has 1 rings (SSSR count). The van der Waals surface area contributed by atoms with Gasteiger partial charge in [-0.05, 0) is 31.5 Å². The molecule has 0 fully saturated rings. The largest absolute Gasteiger partial charge is 0.382 e. The maximum atomic E-state index is 13.2. The normalized spacial score (nSPS) is 11.7. The first-order valence-electron chi connectivity index (χ1n) is 6.07. The number of halogens is 1. The lowest BCUT2D eigenvalue weighted by Crippen LogP contribution is -2.26. The standard InChI is InChI=1S/C12H19FN2O3S/c1-2-18-7-3-6-15-19(16,17)11-4-5-12(13)10(8-11)9-14/h4-5,8,15H,2-3,6-7,9,14H2,1H3. The molecule has 1 aromatic carbocycles. The number of sulfonamides is 1. The highest BCUT2D eigenvalue weighted by atomic mass is 32.2. The topological polar surface area (TPSA) is 81.4 Å². The van der Waals surface area contributed by atoms with E-state index in [-0.39, 0.29) is 23.5 Å². The van der Waals surface area contributed by atoms with E-state index >= 15 is 0 Å². The fourth-order valence-electron chi connectivity index (χ4n) is 1.48. The quantitative estimate of drug-likeness (QED) is 0.700. The smallest absolute Gasteiger partial charge is 0.240 e. The Balaban J connectivity index is 2.67. The Morgan fingerprint density at radius 1 is 1.42 bits per heavy atom. The Kier molecular flexibility index (Phi) is 6.36. The van der Waals surface area contributed by atoms with Crippen LogP contribution in [0.3, 0.4) is 0 Å². The molecule has 0 aliphatic rings. The van der Waals surface area contributed by atoms with Crippen molar-refractivity contribution in [3.05, 3.63) is 29.6 Å². The molecule has 0 aliphatic carbocycles. The molecule has 5 nitrogen and oxygen atoms in total. The minimum atomic E-state index is -3.62. The van der Waals surface area contributed by atoms with E-state index in [1.165, 1.54) is 12.1 Å². The second kappa shape index (κ2) is 7.54. The third-order valence-corrected chi connectivity index (χ3v) is 3.97. The Labute approximate surface area is 113 Å². The van der Waals surface area contributed by atoms with E-state index in [2.05, 4.69) is 4.72 Å². The van der Waals surface area contributed by atoms with Crippen molar-refractivity contribution in [3.63, 3.8) is 0 Å². The van der Waals surface area contributed by atoms with Crippen LogP contribution in [0.1, 0.15) is 18.9 Å².